The third kappa shape index (κ3) is 7.81. The van der Waals surface area contributed by atoms with E-state index in [0.717, 1.165) is 28.1 Å². The van der Waals surface area contributed by atoms with E-state index >= 15 is 0 Å². The molecule has 0 N–H and O–H groups in total. The molecule has 3 aromatic rings. The molecule has 230 valence electrons. The predicted molar refractivity (Wildman–Crippen MR) is 174 cm³/mol. The number of rotatable bonds is 5. The highest BCUT2D eigenvalue weighted by molar-refractivity contribution is 6.36. The molecule has 4 rings (SSSR count). The molecule has 0 spiro atoms. The molecule has 1 aliphatic rings. The molecular weight excluding hydrogens is 583 g/mol. The van der Waals surface area contributed by atoms with Crippen LogP contribution in [0.15, 0.2) is 48.5 Å². The third-order valence-corrected chi connectivity index (χ3v) is 8.38. The second-order valence-corrected chi connectivity index (χ2v) is 13.9. The number of piperazine rings is 1. The van der Waals surface area contributed by atoms with Gasteiger partial charge in [-0.25, -0.2) is 4.79 Å². The van der Waals surface area contributed by atoms with E-state index in [1.807, 2.05) is 68.5 Å². The van der Waals surface area contributed by atoms with Crippen LogP contribution in [-0.4, -0.2) is 56.8 Å². The van der Waals surface area contributed by atoms with Gasteiger partial charge in [0, 0.05) is 52.6 Å². The SMILES string of the molecule is Cc1nn(Cc2c(Cl)cccc2Cl)c(C)c1/C=C/C(=O)N1CCN(C(=O)OC(C)(C)C)CC1c1ccc(C(C)(C)C)cc1. The highest BCUT2D eigenvalue weighted by Gasteiger charge is 2.35. The van der Waals surface area contributed by atoms with Gasteiger partial charge in [-0.15, -0.1) is 0 Å². The van der Waals surface area contributed by atoms with Crippen molar-refractivity contribution in [1.82, 2.24) is 19.6 Å². The maximum atomic E-state index is 13.7. The van der Waals surface area contributed by atoms with Crippen molar-refractivity contribution >= 4 is 41.3 Å². The largest absolute Gasteiger partial charge is 0.444 e. The van der Waals surface area contributed by atoms with E-state index in [0.29, 0.717) is 36.2 Å². The lowest BCUT2D eigenvalue weighted by Crippen LogP contribution is -2.53. The molecule has 0 bridgehead atoms. The number of halogens is 2. The number of nitrogens with zero attached hydrogens (tertiary/aromatic N) is 4. The lowest BCUT2D eigenvalue weighted by molar-refractivity contribution is -0.131. The molecule has 0 saturated carbocycles. The van der Waals surface area contributed by atoms with Gasteiger partial charge in [0.05, 0.1) is 18.3 Å². The first-order valence-electron chi connectivity index (χ1n) is 14.6. The summed E-state index contributed by atoms with van der Waals surface area (Å²) in [6, 6.07) is 13.4. The number of carbonyl (C=O) groups excluding carboxylic acids is 2. The number of aryl methyl sites for hydroxylation is 1. The van der Waals surface area contributed by atoms with Gasteiger partial charge in [0.25, 0.3) is 0 Å². The number of ether oxygens (including phenoxy) is 1. The van der Waals surface area contributed by atoms with Gasteiger partial charge in [-0.1, -0.05) is 74.3 Å². The average molecular weight is 626 g/mol. The Balaban J connectivity index is 1.59. The molecule has 1 atom stereocenters. The number of carbonyl (C=O) groups is 2. The quantitative estimate of drug-likeness (QED) is 0.270. The summed E-state index contributed by atoms with van der Waals surface area (Å²) in [6.45, 7) is 17.5. The van der Waals surface area contributed by atoms with Crippen LogP contribution >= 0.6 is 23.2 Å². The van der Waals surface area contributed by atoms with Crippen molar-refractivity contribution < 1.29 is 14.3 Å². The molecule has 1 unspecified atom stereocenters. The monoisotopic (exact) mass is 624 g/mol. The Morgan fingerprint density at radius 2 is 1.60 bits per heavy atom. The lowest BCUT2D eigenvalue weighted by atomic mass is 9.86. The molecule has 9 heteroatoms. The topological polar surface area (TPSA) is 67.7 Å². The second kappa shape index (κ2) is 12.7. The summed E-state index contributed by atoms with van der Waals surface area (Å²) in [5, 5.41) is 5.86. The predicted octanol–water partition coefficient (Wildman–Crippen LogP) is 7.99. The molecule has 0 radical (unpaired) electrons. The zero-order valence-corrected chi connectivity index (χ0v) is 27.9. The maximum absolute atomic E-state index is 13.7. The van der Waals surface area contributed by atoms with Crippen LogP contribution in [0.5, 0.6) is 0 Å². The lowest BCUT2D eigenvalue weighted by Gasteiger charge is -2.41. The van der Waals surface area contributed by atoms with Crippen molar-refractivity contribution in [3.8, 4) is 0 Å². The van der Waals surface area contributed by atoms with Crippen LogP contribution in [-0.2, 0) is 21.5 Å². The van der Waals surface area contributed by atoms with Crippen LogP contribution in [0, 0.1) is 13.8 Å². The minimum atomic E-state index is -0.603. The van der Waals surface area contributed by atoms with Crippen molar-refractivity contribution in [2.45, 2.75) is 79.0 Å². The number of amides is 2. The van der Waals surface area contributed by atoms with Gasteiger partial charge >= 0.3 is 6.09 Å². The number of aromatic nitrogens is 2. The minimum absolute atomic E-state index is 0.00320. The van der Waals surface area contributed by atoms with Crippen LogP contribution < -0.4 is 0 Å². The van der Waals surface area contributed by atoms with E-state index in [2.05, 4.69) is 45.0 Å². The first-order valence-corrected chi connectivity index (χ1v) is 15.3. The van der Waals surface area contributed by atoms with Crippen LogP contribution in [0.2, 0.25) is 10.0 Å². The Bertz CT molecular complexity index is 1490. The molecule has 2 aromatic carbocycles. The second-order valence-electron chi connectivity index (χ2n) is 13.1. The number of hydrogen-bond acceptors (Lipinski definition) is 4. The van der Waals surface area contributed by atoms with Gasteiger partial charge < -0.3 is 14.5 Å². The summed E-state index contributed by atoms with van der Waals surface area (Å²) in [5.74, 6) is -0.130. The summed E-state index contributed by atoms with van der Waals surface area (Å²) in [4.78, 5) is 30.2. The standard InChI is InChI=1S/C34H42Cl2N4O3/c1-22-26(23(2)40(37-22)20-27-28(35)10-9-11-29(27)36)16-17-31(41)39-19-18-38(32(42)43-34(6,7)8)21-30(39)24-12-14-25(15-13-24)33(3,4)5/h9-17,30H,18-21H2,1-8H3/b17-16+. The Morgan fingerprint density at radius 1 is 0.977 bits per heavy atom. The highest BCUT2D eigenvalue weighted by Crippen LogP contribution is 2.31. The molecule has 2 amide bonds. The first kappa shape index (κ1) is 32.6. The van der Waals surface area contributed by atoms with Crippen LogP contribution in [0.25, 0.3) is 6.08 Å². The van der Waals surface area contributed by atoms with Gasteiger partial charge in [0.15, 0.2) is 0 Å². The zero-order valence-electron chi connectivity index (χ0n) is 26.4. The number of hydrogen-bond donors (Lipinski definition) is 0. The van der Waals surface area contributed by atoms with Gasteiger partial charge in [-0.3, -0.25) is 9.48 Å². The van der Waals surface area contributed by atoms with Gasteiger partial charge in [0.1, 0.15) is 5.60 Å². The van der Waals surface area contributed by atoms with E-state index in [4.69, 9.17) is 33.0 Å². The van der Waals surface area contributed by atoms with E-state index in [1.165, 1.54) is 5.56 Å². The smallest absolute Gasteiger partial charge is 0.410 e. The van der Waals surface area contributed by atoms with Crippen LogP contribution in [0.4, 0.5) is 4.79 Å². The summed E-state index contributed by atoms with van der Waals surface area (Å²) in [7, 11) is 0. The van der Waals surface area contributed by atoms with Crippen molar-refractivity contribution in [3.05, 3.63) is 92.2 Å². The first-order chi connectivity index (χ1) is 20.0. The molecule has 7 nitrogen and oxygen atoms in total. The van der Waals surface area contributed by atoms with Crippen molar-refractivity contribution in [2.24, 2.45) is 0 Å². The molecular formula is C34H42Cl2N4O3. The van der Waals surface area contributed by atoms with Crippen molar-refractivity contribution in [1.29, 1.82) is 0 Å². The fraction of sp³-hybridized carbons (Fsp3) is 0.441. The molecule has 1 aliphatic heterocycles. The Hall–Kier alpha value is -3.29. The Morgan fingerprint density at radius 3 is 2.19 bits per heavy atom. The van der Waals surface area contributed by atoms with Crippen LogP contribution in [0.3, 0.4) is 0 Å². The fourth-order valence-corrected chi connectivity index (χ4v) is 5.74. The van der Waals surface area contributed by atoms with Crippen molar-refractivity contribution in [3.63, 3.8) is 0 Å². The van der Waals surface area contributed by atoms with Gasteiger partial charge in [0.2, 0.25) is 5.91 Å². The van der Waals surface area contributed by atoms with E-state index < -0.39 is 5.60 Å². The van der Waals surface area contributed by atoms with E-state index in [-0.39, 0.29) is 23.5 Å². The van der Waals surface area contributed by atoms with Gasteiger partial charge in [-0.2, -0.15) is 5.10 Å². The number of benzene rings is 2. The average Bonchev–Trinajstić information content (AvgIpc) is 3.19. The third-order valence-electron chi connectivity index (χ3n) is 7.68. The normalized spacial score (nSPS) is 16.2. The Labute approximate surface area is 265 Å². The van der Waals surface area contributed by atoms with E-state index in [9.17, 15) is 9.59 Å². The molecule has 0 aliphatic carbocycles. The van der Waals surface area contributed by atoms with Crippen molar-refractivity contribution in [2.75, 3.05) is 19.6 Å². The summed E-state index contributed by atoms with van der Waals surface area (Å²) >= 11 is 12.8. The minimum Gasteiger partial charge on any atom is -0.444 e. The fourth-order valence-electron chi connectivity index (χ4n) is 5.22. The van der Waals surface area contributed by atoms with Gasteiger partial charge in [-0.05, 0) is 69.4 Å². The van der Waals surface area contributed by atoms with Crippen LogP contribution in [0.1, 0.15) is 81.2 Å². The molecule has 43 heavy (non-hydrogen) atoms. The summed E-state index contributed by atoms with van der Waals surface area (Å²) in [5.41, 5.74) is 4.95. The molecule has 2 heterocycles. The molecule has 1 fully saturated rings. The van der Waals surface area contributed by atoms with E-state index in [1.54, 1.807) is 11.0 Å². The Kier molecular flexibility index (Phi) is 9.67. The zero-order chi connectivity index (χ0) is 31.7. The molecule has 1 saturated heterocycles. The summed E-state index contributed by atoms with van der Waals surface area (Å²) in [6.07, 6.45) is 3.05. The molecule has 1 aromatic heterocycles. The highest BCUT2D eigenvalue weighted by atomic mass is 35.5. The summed E-state index contributed by atoms with van der Waals surface area (Å²) < 4.78 is 7.51. The maximum Gasteiger partial charge on any atom is 0.410 e.